The molecule has 1 aliphatic heterocycles. The highest BCUT2D eigenvalue weighted by molar-refractivity contribution is 6.01. The van der Waals surface area contributed by atoms with Crippen molar-refractivity contribution in [2.24, 2.45) is 13.0 Å². The highest BCUT2D eigenvalue weighted by Gasteiger charge is 2.30. The second-order valence-corrected chi connectivity index (χ2v) is 7.90. The summed E-state index contributed by atoms with van der Waals surface area (Å²) in [5, 5.41) is 14.2. The number of rotatable bonds is 5. The Morgan fingerprint density at radius 3 is 2.50 bits per heavy atom. The maximum Gasteiger partial charge on any atom is 0.354 e. The Balaban J connectivity index is 1.41. The van der Waals surface area contributed by atoms with Crippen molar-refractivity contribution < 1.29 is 19.5 Å². The quantitative estimate of drug-likeness (QED) is 0.617. The van der Waals surface area contributed by atoms with Crippen molar-refractivity contribution in [1.82, 2.24) is 19.7 Å². The number of piperidine rings is 1. The van der Waals surface area contributed by atoms with Gasteiger partial charge in [-0.15, -0.1) is 0 Å². The lowest BCUT2D eigenvalue weighted by Gasteiger charge is -2.35. The predicted octanol–water partition coefficient (Wildman–Crippen LogP) is 3.21. The van der Waals surface area contributed by atoms with E-state index in [0.717, 1.165) is 10.9 Å². The Morgan fingerprint density at radius 1 is 1.12 bits per heavy atom. The van der Waals surface area contributed by atoms with Crippen LogP contribution in [0.2, 0.25) is 0 Å². The fourth-order valence-corrected chi connectivity index (χ4v) is 4.14. The van der Waals surface area contributed by atoms with Gasteiger partial charge in [0.25, 0.3) is 0 Å². The summed E-state index contributed by atoms with van der Waals surface area (Å²) in [5.74, 6) is -1.14. The molecular weight excluding hydrogens is 410 g/mol. The van der Waals surface area contributed by atoms with Gasteiger partial charge in [-0.25, -0.2) is 14.6 Å². The summed E-state index contributed by atoms with van der Waals surface area (Å²) in [7, 11) is 1.85. The van der Waals surface area contributed by atoms with Crippen LogP contribution in [0.4, 0.5) is 10.5 Å². The molecule has 4 rings (SSSR count). The van der Waals surface area contributed by atoms with Crippen LogP contribution in [0.25, 0.3) is 10.9 Å². The lowest BCUT2D eigenvalue weighted by molar-refractivity contribution is 0.0690. The first kappa shape index (κ1) is 21.5. The number of carboxylic acid groups (broad SMARTS) is 1. The number of fused-ring (bicyclic) bond motifs is 1. The van der Waals surface area contributed by atoms with E-state index in [4.69, 9.17) is 5.11 Å². The van der Waals surface area contributed by atoms with E-state index in [1.807, 2.05) is 32.2 Å². The average molecular weight is 435 g/mol. The molecule has 0 spiro atoms. The van der Waals surface area contributed by atoms with Gasteiger partial charge in [0.2, 0.25) is 0 Å². The molecule has 9 heteroatoms. The first-order valence-corrected chi connectivity index (χ1v) is 10.6. The number of amides is 2. The van der Waals surface area contributed by atoms with Gasteiger partial charge in [-0.2, -0.15) is 5.10 Å². The summed E-state index contributed by atoms with van der Waals surface area (Å²) in [5.41, 5.74) is 2.07. The van der Waals surface area contributed by atoms with Crippen LogP contribution >= 0.6 is 0 Å². The zero-order valence-corrected chi connectivity index (χ0v) is 18.1. The maximum atomic E-state index is 13.1. The minimum atomic E-state index is -1.11. The molecule has 3 heterocycles. The summed E-state index contributed by atoms with van der Waals surface area (Å²) in [6, 6.07) is 8.45. The van der Waals surface area contributed by atoms with E-state index in [2.05, 4.69) is 10.1 Å². The SMILES string of the molecule is CCN(C(=O)N1CCC(C(=O)c2ccc3cnn(C)c3c2)CC1)c1ccc(C(=O)O)nc1. The van der Waals surface area contributed by atoms with Gasteiger partial charge >= 0.3 is 12.0 Å². The molecule has 9 nitrogen and oxygen atoms in total. The van der Waals surface area contributed by atoms with Crippen molar-refractivity contribution in [2.45, 2.75) is 19.8 Å². The maximum absolute atomic E-state index is 13.1. The van der Waals surface area contributed by atoms with E-state index in [1.165, 1.54) is 12.3 Å². The van der Waals surface area contributed by atoms with Gasteiger partial charge in [0.1, 0.15) is 5.69 Å². The molecule has 0 saturated carbocycles. The molecule has 0 radical (unpaired) electrons. The van der Waals surface area contributed by atoms with Crippen LogP contribution in [0.3, 0.4) is 0 Å². The molecule has 1 fully saturated rings. The second kappa shape index (κ2) is 8.78. The molecule has 0 aliphatic carbocycles. The number of nitrogens with zero attached hydrogens (tertiary/aromatic N) is 5. The molecule has 0 unspecified atom stereocenters. The van der Waals surface area contributed by atoms with E-state index < -0.39 is 5.97 Å². The lowest BCUT2D eigenvalue weighted by Crippen LogP contribution is -2.47. The third-order valence-corrected chi connectivity index (χ3v) is 6.00. The van der Waals surface area contributed by atoms with E-state index in [-0.39, 0.29) is 23.4 Å². The number of ketones is 1. The molecule has 1 saturated heterocycles. The molecule has 32 heavy (non-hydrogen) atoms. The second-order valence-electron chi connectivity index (χ2n) is 7.90. The third-order valence-electron chi connectivity index (χ3n) is 6.00. The summed E-state index contributed by atoms with van der Waals surface area (Å²) in [4.78, 5) is 44.3. The zero-order valence-electron chi connectivity index (χ0n) is 18.1. The number of urea groups is 1. The number of aromatic carboxylic acids is 1. The Labute approximate surface area is 185 Å². The van der Waals surface area contributed by atoms with Crippen molar-refractivity contribution in [3.63, 3.8) is 0 Å². The van der Waals surface area contributed by atoms with E-state index in [0.29, 0.717) is 43.7 Å². The standard InChI is InChI=1S/C23H25N5O4/c1-3-28(18-6-7-19(22(30)31)24-14-18)23(32)27-10-8-15(9-11-27)21(29)16-4-5-17-13-25-26(2)20(17)12-16/h4-7,12-15H,3,8-11H2,1-2H3,(H,30,31). The highest BCUT2D eigenvalue weighted by Crippen LogP contribution is 2.25. The van der Waals surface area contributed by atoms with Crippen LogP contribution in [-0.2, 0) is 7.05 Å². The monoisotopic (exact) mass is 435 g/mol. The molecular formula is C23H25N5O4. The van der Waals surface area contributed by atoms with Crippen LogP contribution in [0.5, 0.6) is 0 Å². The lowest BCUT2D eigenvalue weighted by atomic mass is 9.88. The number of hydrogen-bond acceptors (Lipinski definition) is 5. The molecule has 2 aromatic heterocycles. The number of hydrogen-bond donors (Lipinski definition) is 1. The molecule has 2 amide bonds. The van der Waals surface area contributed by atoms with Crippen molar-refractivity contribution in [1.29, 1.82) is 0 Å². The molecule has 1 N–H and O–H groups in total. The number of benzene rings is 1. The summed E-state index contributed by atoms with van der Waals surface area (Å²) in [6.45, 7) is 3.25. The van der Waals surface area contributed by atoms with Crippen molar-refractivity contribution in [2.75, 3.05) is 24.5 Å². The highest BCUT2D eigenvalue weighted by atomic mass is 16.4. The van der Waals surface area contributed by atoms with E-state index >= 15 is 0 Å². The first-order valence-electron chi connectivity index (χ1n) is 10.6. The number of aryl methyl sites for hydroxylation is 1. The largest absolute Gasteiger partial charge is 0.477 e. The molecule has 1 aliphatic rings. The summed E-state index contributed by atoms with van der Waals surface area (Å²) < 4.78 is 1.75. The van der Waals surface area contributed by atoms with Gasteiger partial charge < -0.3 is 10.0 Å². The molecule has 0 bridgehead atoms. The number of carboxylic acids is 1. The van der Waals surface area contributed by atoms with Gasteiger partial charge in [0.05, 0.1) is 23.6 Å². The number of Topliss-reactive ketones (excluding diaryl/α,β-unsaturated/α-hetero) is 1. The Morgan fingerprint density at radius 2 is 1.88 bits per heavy atom. The Hall–Kier alpha value is -3.75. The fourth-order valence-electron chi connectivity index (χ4n) is 4.14. The van der Waals surface area contributed by atoms with Crippen molar-refractivity contribution in [3.05, 3.63) is 54.0 Å². The van der Waals surface area contributed by atoms with Crippen LogP contribution in [-0.4, -0.2) is 62.2 Å². The number of carbonyl (C=O) groups is 3. The normalized spacial score (nSPS) is 14.5. The van der Waals surface area contributed by atoms with Crippen LogP contribution in [0.15, 0.2) is 42.7 Å². The van der Waals surface area contributed by atoms with Gasteiger partial charge in [-0.3, -0.25) is 14.4 Å². The van der Waals surface area contributed by atoms with Crippen LogP contribution < -0.4 is 4.90 Å². The van der Waals surface area contributed by atoms with Gasteiger partial charge in [0, 0.05) is 43.5 Å². The average Bonchev–Trinajstić information content (AvgIpc) is 3.19. The number of anilines is 1. The smallest absolute Gasteiger partial charge is 0.354 e. The Bertz CT molecular complexity index is 1160. The number of pyridine rings is 1. The summed E-state index contributed by atoms with van der Waals surface area (Å²) >= 11 is 0. The predicted molar refractivity (Wildman–Crippen MR) is 119 cm³/mol. The van der Waals surface area contributed by atoms with Crippen molar-refractivity contribution >= 4 is 34.4 Å². The minimum Gasteiger partial charge on any atom is -0.477 e. The van der Waals surface area contributed by atoms with Gasteiger partial charge in [-0.05, 0) is 38.0 Å². The van der Waals surface area contributed by atoms with Crippen LogP contribution in [0, 0.1) is 5.92 Å². The number of likely N-dealkylation sites (tertiary alicyclic amines) is 1. The van der Waals surface area contributed by atoms with Crippen LogP contribution in [0.1, 0.15) is 40.6 Å². The zero-order chi connectivity index (χ0) is 22.8. The number of carbonyl (C=O) groups excluding carboxylic acids is 2. The molecule has 1 aromatic carbocycles. The third kappa shape index (κ3) is 4.05. The minimum absolute atomic E-state index is 0.0686. The topological polar surface area (TPSA) is 109 Å². The number of aromatic nitrogens is 3. The van der Waals surface area contributed by atoms with Gasteiger partial charge in [0.15, 0.2) is 5.78 Å². The first-order chi connectivity index (χ1) is 15.4. The van der Waals surface area contributed by atoms with E-state index in [9.17, 15) is 14.4 Å². The summed E-state index contributed by atoms with van der Waals surface area (Å²) in [6.07, 6.45) is 4.37. The molecule has 0 atom stereocenters. The van der Waals surface area contributed by atoms with Crippen molar-refractivity contribution in [3.8, 4) is 0 Å². The molecule has 3 aromatic rings. The van der Waals surface area contributed by atoms with E-state index in [1.54, 1.807) is 26.7 Å². The molecule has 166 valence electrons. The van der Waals surface area contributed by atoms with Gasteiger partial charge in [-0.1, -0.05) is 12.1 Å². The Kier molecular flexibility index (Phi) is 5.89. The fraction of sp³-hybridized carbons (Fsp3) is 0.348.